The van der Waals surface area contributed by atoms with Gasteiger partial charge in [-0.05, 0) is 32.0 Å². The molecule has 2 N–H and O–H groups in total. The first-order chi connectivity index (χ1) is 10.2. The number of benzene rings is 1. The number of ether oxygens (including phenoxy) is 1. The summed E-state index contributed by atoms with van der Waals surface area (Å²) in [6, 6.07) is 4.15. The molecular weight excluding hydrogens is 310 g/mol. The highest BCUT2D eigenvalue weighted by atomic mass is 35.5. The van der Waals surface area contributed by atoms with Crippen LogP contribution in [0.3, 0.4) is 0 Å². The van der Waals surface area contributed by atoms with E-state index in [1.165, 1.54) is 13.2 Å². The van der Waals surface area contributed by atoms with Gasteiger partial charge in [-0.1, -0.05) is 11.6 Å². The van der Waals surface area contributed by atoms with E-state index in [0.717, 1.165) is 4.90 Å². The lowest BCUT2D eigenvalue weighted by atomic mass is 10.1. The zero-order chi connectivity index (χ0) is 16.5. The van der Waals surface area contributed by atoms with Gasteiger partial charge in [0.25, 0.3) is 5.91 Å². The molecule has 1 saturated heterocycles. The van der Waals surface area contributed by atoms with E-state index < -0.39 is 23.4 Å². The van der Waals surface area contributed by atoms with Gasteiger partial charge < -0.3 is 15.4 Å². The van der Waals surface area contributed by atoms with Gasteiger partial charge in [0.05, 0.1) is 12.1 Å². The number of carbonyl (C=O) groups excluding carboxylic acids is 3. The largest absolute Gasteiger partial charge is 0.495 e. The van der Waals surface area contributed by atoms with Crippen molar-refractivity contribution in [2.24, 2.45) is 0 Å². The minimum Gasteiger partial charge on any atom is -0.495 e. The van der Waals surface area contributed by atoms with Crippen LogP contribution in [-0.2, 0) is 9.59 Å². The summed E-state index contributed by atoms with van der Waals surface area (Å²) < 4.78 is 5.01. The van der Waals surface area contributed by atoms with Crippen molar-refractivity contribution in [1.82, 2.24) is 10.2 Å². The third-order valence-corrected chi connectivity index (χ3v) is 3.48. The molecule has 1 fully saturated rings. The predicted molar refractivity (Wildman–Crippen MR) is 81.0 cm³/mol. The van der Waals surface area contributed by atoms with Gasteiger partial charge in [0.15, 0.2) is 0 Å². The van der Waals surface area contributed by atoms with Crippen molar-refractivity contribution >= 4 is 35.1 Å². The summed E-state index contributed by atoms with van der Waals surface area (Å²) in [6.45, 7) is 2.79. The maximum Gasteiger partial charge on any atom is 0.325 e. The van der Waals surface area contributed by atoms with Crippen LogP contribution in [0, 0.1) is 0 Å². The summed E-state index contributed by atoms with van der Waals surface area (Å²) in [5.41, 5.74) is -0.553. The molecule has 0 radical (unpaired) electrons. The molecule has 118 valence electrons. The average Bonchev–Trinajstić information content (AvgIpc) is 2.61. The number of nitrogens with zero attached hydrogens (tertiary/aromatic N) is 1. The Morgan fingerprint density at radius 1 is 1.41 bits per heavy atom. The van der Waals surface area contributed by atoms with E-state index >= 15 is 0 Å². The highest BCUT2D eigenvalue weighted by Gasteiger charge is 2.44. The second-order valence-corrected chi connectivity index (χ2v) is 5.75. The molecule has 0 aliphatic carbocycles. The standard InChI is InChI=1S/C14H16ClN3O4/c1-14(2)12(20)18(13(21)17-14)7-11(19)16-8-4-5-10(22-3)9(15)6-8/h4-6H,7H2,1-3H3,(H,16,19)(H,17,21). The molecule has 1 aromatic carbocycles. The molecule has 0 atom stereocenters. The molecule has 0 bridgehead atoms. The van der Waals surface area contributed by atoms with Crippen molar-refractivity contribution in [3.63, 3.8) is 0 Å². The smallest absolute Gasteiger partial charge is 0.325 e. The molecule has 0 unspecified atom stereocenters. The van der Waals surface area contributed by atoms with Gasteiger partial charge in [0, 0.05) is 5.69 Å². The van der Waals surface area contributed by atoms with Crippen LogP contribution in [0.2, 0.25) is 5.02 Å². The predicted octanol–water partition coefficient (Wildman–Crippen LogP) is 1.62. The van der Waals surface area contributed by atoms with E-state index in [1.807, 2.05) is 0 Å². The van der Waals surface area contributed by atoms with Crippen molar-refractivity contribution in [2.75, 3.05) is 19.0 Å². The van der Waals surface area contributed by atoms with E-state index in [1.54, 1.807) is 26.0 Å². The third-order valence-electron chi connectivity index (χ3n) is 3.18. The number of hydrogen-bond acceptors (Lipinski definition) is 4. The molecule has 22 heavy (non-hydrogen) atoms. The Hall–Kier alpha value is -2.28. The lowest BCUT2D eigenvalue weighted by Crippen LogP contribution is -2.41. The van der Waals surface area contributed by atoms with Crippen LogP contribution in [0.1, 0.15) is 13.8 Å². The maximum atomic E-state index is 12.0. The minimum absolute atomic E-state index is 0.344. The Kier molecular flexibility index (Phi) is 4.27. The van der Waals surface area contributed by atoms with Gasteiger partial charge in [-0.2, -0.15) is 0 Å². The SMILES string of the molecule is COc1ccc(NC(=O)CN2C(=O)NC(C)(C)C2=O)cc1Cl. The first-order valence-electron chi connectivity index (χ1n) is 6.52. The van der Waals surface area contributed by atoms with Gasteiger partial charge in [-0.25, -0.2) is 4.79 Å². The number of rotatable bonds is 4. The molecule has 1 aliphatic rings. The van der Waals surface area contributed by atoms with Crippen molar-refractivity contribution in [2.45, 2.75) is 19.4 Å². The lowest BCUT2D eigenvalue weighted by Gasteiger charge is -2.15. The second kappa shape index (κ2) is 5.84. The van der Waals surface area contributed by atoms with Crippen LogP contribution < -0.4 is 15.4 Å². The summed E-state index contributed by atoms with van der Waals surface area (Å²) in [4.78, 5) is 36.5. The minimum atomic E-state index is -0.999. The third kappa shape index (κ3) is 3.14. The number of urea groups is 1. The fourth-order valence-corrected chi connectivity index (χ4v) is 2.31. The quantitative estimate of drug-likeness (QED) is 0.823. The molecule has 0 aromatic heterocycles. The van der Waals surface area contributed by atoms with Crippen LogP contribution in [0.25, 0.3) is 0 Å². The number of imide groups is 1. The maximum absolute atomic E-state index is 12.0. The van der Waals surface area contributed by atoms with Gasteiger partial charge in [0.2, 0.25) is 5.91 Å². The molecule has 7 nitrogen and oxygen atoms in total. The molecule has 4 amide bonds. The van der Waals surface area contributed by atoms with Crippen LogP contribution in [0.15, 0.2) is 18.2 Å². The molecule has 1 aromatic rings. The van der Waals surface area contributed by atoms with Gasteiger partial charge in [-0.3, -0.25) is 14.5 Å². The van der Waals surface area contributed by atoms with Crippen LogP contribution >= 0.6 is 11.6 Å². The van der Waals surface area contributed by atoms with E-state index in [0.29, 0.717) is 16.5 Å². The Morgan fingerprint density at radius 3 is 2.59 bits per heavy atom. The highest BCUT2D eigenvalue weighted by Crippen LogP contribution is 2.27. The Labute approximate surface area is 132 Å². The zero-order valence-electron chi connectivity index (χ0n) is 12.4. The van der Waals surface area contributed by atoms with E-state index in [4.69, 9.17) is 16.3 Å². The summed E-state index contributed by atoms with van der Waals surface area (Å²) in [5.74, 6) is -0.460. The van der Waals surface area contributed by atoms with Gasteiger partial charge in [-0.15, -0.1) is 0 Å². The van der Waals surface area contributed by atoms with Crippen molar-refractivity contribution in [1.29, 1.82) is 0 Å². The highest BCUT2D eigenvalue weighted by molar-refractivity contribution is 6.32. The van der Waals surface area contributed by atoms with Crippen molar-refractivity contribution in [3.05, 3.63) is 23.2 Å². The average molecular weight is 326 g/mol. The fourth-order valence-electron chi connectivity index (χ4n) is 2.05. The Morgan fingerprint density at radius 2 is 2.09 bits per heavy atom. The fraction of sp³-hybridized carbons (Fsp3) is 0.357. The topological polar surface area (TPSA) is 87.7 Å². The summed E-state index contributed by atoms with van der Waals surface area (Å²) >= 11 is 5.96. The molecule has 2 rings (SSSR count). The molecule has 1 heterocycles. The Bertz CT molecular complexity index is 645. The summed E-state index contributed by atoms with van der Waals surface area (Å²) in [7, 11) is 1.48. The second-order valence-electron chi connectivity index (χ2n) is 5.34. The molecule has 0 saturated carbocycles. The van der Waals surface area contributed by atoms with E-state index in [2.05, 4.69) is 10.6 Å². The number of carbonyl (C=O) groups is 3. The number of methoxy groups -OCH3 is 1. The number of nitrogens with one attached hydrogen (secondary N) is 2. The van der Waals surface area contributed by atoms with E-state index in [9.17, 15) is 14.4 Å². The van der Waals surface area contributed by atoms with Crippen molar-refractivity contribution < 1.29 is 19.1 Å². The first-order valence-corrected chi connectivity index (χ1v) is 6.90. The van der Waals surface area contributed by atoms with E-state index in [-0.39, 0.29) is 6.54 Å². The van der Waals surface area contributed by atoms with Gasteiger partial charge in [0.1, 0.15) is 17.8 Å². The number of halogens is 1. The summed E-state index contributed by atoms with van der Waals surface area (Å²) in [5, 5.41) is 5.43. The normalized spacial score (nSPS) is 16.5. The zero-order valence-corrected chi connectivity index (χ0v) is 13.2. The first kappa shape index (κ1) is 16.1. The number of amides is 4. The monoisotopic (exact) mass is 325 g/mol. The lowest BCUT2D eigenvalue weighted by molar-refractivity contribution is -0.132. The number of anilines is 1. The Balaban J connectivity index is 2.03. The van der Waals surface area contributed by atoms with Crippen molar-refractivity contribution in [3.8, 4) is 5.75 Å². The molecular formula is C14H16ClN3O4. The summed E-state index contributed by atoms with van der Waals surface area (Å²) in [6.07, 6.45) is 0. The molecule has 0 spiro atoms. The molecule has 1 aliphatic heterocycles. The number of hydrogen-bond donors (Lipinski definition) is 2. The van der Waals surface area contributed by atoms with Gasteiger partial charge >= 0.3 is 6.03 Å². The van der Waals surface area contributed by atoms with Crippen LogP contribution in [0.4, 0.5) is 10.5 Å². The van der Waals surface area contributed by atoms with Crippen LogP contribution in [0.5, 0.6) is 5.75 Å². The van der Waals surface area contributed by atoms with Crippen LogP contribution in [-0.4, -0.2) is 41.9 Å². The molecule has 8 heteroatoms.